The molecule has 10 heteroatoms. The zero-order chi connectivity index (χ0) is 30.4. The summed E-state index contributed by atoms with van der Waals surface area (Å²) in [7, 11) is 0. The Kier molecular flexibility index (Phi) is 9.75. The van der Waals surface area contributed by atoms with Crippen molar-refractivity contribution in [3.63, 3.8) is 0 Å². The van der Waals surface area contributed by atoms with Gasteiger partial charge in [0.15, 0.2) is 0 Å². The molecule has 1 spiro atoms. The Morgan fingerprint density at radius 1 is 1.07 bits per heavy atom. The molecule has 2 aromatic rings. The molecule has 0 aliphatic carbocycles. The second-order valence-electron chi connectivity index (χ2n) is 12.2. The van der Waals surface area contributed by atoms with E-state index in [0.29, 0.717) is 70.5 Å². The highest BCUT2D eigenvalue weighted by Crippen LogP contribution is 2.36. The lowest BCUT2D eigenvalue weighted by molar-refractivity contribution is -0.140. The van der Waals surface area contributed by atoms with Crippen LogP contribution in [0.1, 0.15) is 55.5 Å². The van der Waals surface area contributed by atoms with Crippen LogP contribution in [0.2, 0.25) is 0 Å². The average Bonchev–Trinajstić information content (AvgIpc) is 2.99. The van der Waals surface area contributed by atoms with E-state index < -0.39 is 11.5 Å². The summed E-state index contributed by atoms with van der Waals surface area (Å²) >= 11 is 0. The van der Waals surface area contributed by atoms with E-state index in [1.807, 2.05) is 48.2 Å². The fourth-order valence-corrected chi connectivity index (χ4v) is 6.62. The molecule has 4 heterocycles. The zero-order valence-electron chi connectivity index (χ0n) is 25.2. The third kappa shape index (κ3) is 7.41. The van der Waals surface area contributed by atoms with Crippen molar-refractivity contribution in [1.29, 1.82) is 0 Å². The van der Waals surface area contributed by atoms with Gasteiger partial charge in [-0.05, 0) is 57.6 Å². The second-order valence-corrected chi connectivity index (χ2v) is 12.2. The molecule has 0 saturated carbocycles. The number of nitrogens with zero attached hydrogens (tertiary/aromatic N) is 3. The zero-order valence-corrected chi connectivity index (χ0v) is 25.2. The number of nitrogens with one attached hydrogen (secondary N) is 2. The largest absolute Gasteiger partial charge is 0.381 e. The van der Waals surface area contributed by atoms with Crippen molar-refractivity contribution in [3.05, 3.63) is 76.0 Å². The van der Waals surface area contributed by atoms with Gasteiger partial charge in [-0.3, -0.25) is 19.0 Å². The quantitative estimate of drug-likeness (QED) is 0.517. The van der Waals surface area contributed by atoms with E-state index in [0.717, 1.165) is 11.3 Å². The lowest BCUT2D eigenvalue weighted by atomic mass is 9.75. The topological polar surface area (TPSA) is 123 Å². The summed E-state index contributed by atoms with van der Waals surface area (Å²) in [5.74, 6) is -0.267. The Balaban J connectivity index is 1.32. The number of hydrogen-bond donors (Lipinski definition) is 2. The fraction of sp³-hybridized carbons (Fsp3) is 0.545. The molecule has 230 valence electrons. The third-order valence-electron chi connectivity index (χ3n) is 9.26. The maximum absolute atomic E-state index is 13.8. The average molecular weight is 590 g/mol. The van der Waals surface area contributed by atoms with Gasteiger partial charge >= 0.3 is 5.69 Å². The highest BCUT2D eigenvalue weighted by Gasteiger charge is 2.41. The van der Waals surface area contributed by atoms with E-state index in [1.165, 1.54) is 0 Å². The molecule has 2 fully saturated rings. The fourth-order valence-electron chi connectivity index (χ4n) is 6.62. The van der Waals surface area contributed by atoms with Crippen LogP contribution < -0.4 is 16.3 Å². The van der Waals surface area contributed by atoms with Crippen LogP contribution >= 0.6 is 0 Å². The van der Waals surface area contributed by atoms with Crippen molar-refractivity contribution in [2.75, 3.05) is 26.3 Å². The number of piperidine rings is 1. The van der Waals surface area contributed by atoms with Gasteiger partial charge in [-0.1, -0.05) is 42.5 Å². The Bertz CT molecular complexity index is 1400. The summed E-state index contributed by atoms with van der Waals surface area (Å²) in [6.07, 6.45) is 7.91. The standard InChI is InChI=1S/C33H43N5O5/c1-23-20-24(2)38(32(42)34-23)17-12-29(39)37-16-11-27-26(22-37)10-6-7-13-33(14-18-43-19-15-33)31(41)36-28(30(40)35-27)21-25-8-4-3-5-9-25/h3-9,20,26-28H,10-19,21-22H2,1-2H3,(H,35,40)(H,36,41)/b7-6+/t26-,27+,28-/m1/s1. The number of fused-ring (bicyclic) bond motifs is 1. The molecule has 1 aromatic heterocycles. The number of hydrogen-bond acceptors (Lipinski definition) is 6. The summed E-state index contributed by atoms with van der Waals surface area (Å²) in [4.78, 5) is 59.0. The smallest absolute Gasteiger partial charge is 0.347 e. The minimum Gasteiger partial charge on any atom is -0.381 e. The van der Waals surface area contributed by atoms with Gasteiger partial charge in [0, 0.05) is 69.0 Å². The van der Waals surface area contributed by atoms with Crippen molar-refractivity contribution in [1.82, 2.24) is 25.1 Å². The van der Waals surface area contributed by atoms with Crippen LogP contribution in [-0.2, 0) is 32.1 Å². The maximum Gasteiger partial charge on any atom is 0.347 e. The number of aromatic nitrogens is 2. The van der Waals surface area contributed by atoms with Gasteiger partial charge in [-0.15, -0.1) is 0 Å². The van der Waals surface area contributed by atoms with Crippen LogP contribution in [0.5, 0.6) is 0 Å². The summed E-state index contributed by atoms with van der Waals surface area (Å²) in [6.45, 7) is 5.98. The molecule has 1 aromatic carbocycles. The highest BCUT2D eigenvalue weighted by molar-refractivity contribution is 5.90. The van der Waals surface area contributed by atoms with E-state index in [2.05, 4.69) is 27.8 Å². The molecule has 2 N–H and O–H groups in total. The van der Waals surface area contributed by atoms with Crippen LogP contribution in [-0.4, -0.2) is 70.6 Å². The van der Waals surface area contributed by atoms with E-state index >= 15 is 0 Å². The monoisotopic (exact) mass is 589 g/mol. The number of allylic oxidation sites excluding steroid dienone is 2. The molecule has 10 nitrogen and oxygen atoms in total. The van der Waals surface area contributed by atoms with Crippen LogP contribution in [0.3, 0.4) is 0 Å². The molecule has 5 rings (SSSR count). The molecule has 0 unspecified atom stereocenters. The molecule has 3 aliphatic heterocycles. The van der Waals surface area contributed by atoms with Crippen molar-refractivity contribution < 1.29 is 19.1 Å². The molecule has 43 heavy (non-hydrogen) atoms. The van der Waals surface area contributed by atoms with Gasteiger partial charge in [-0.2, -0.15) is 4.98 Å². The van der Waals surface area contributed by atoms with Crippen molar-refractivity contribution >= 4 is 17.7 Å². The maximum atomic E-state index is 13.8. The van der Waals surface area contributed by atoms with Crippen molar-refractivity contribution in [3.8, 4) is 0 Å². The van der Waals surface area contributed by atoms with Crippen LogP contribution in [0.25, 0.3) is 0 Å². The summed E-state index contributed by atoms with van der Waals surface area (Å²) in [5, 5.41) is 6.38. The number of carbonyl (C=O) groups is 3. The molecule has 0 bridgehead atoms. The number of rotatable bonds is 5. The Labute approximate surface area is 252 Å². The molecule has 2 saturated heterocycles. The number of benzene rings is 1. The van der Waals surface area contributed by atoms with Crippen LogP contribution in [0.4, 0.5) is 0 Å². The number of amides is 3. The molecule has 3 amide bonds. The highest BCUT2D eigenvalue weighted by atomic mass is 16.5. The number of ether oxygens (including phenoxy) is 1. The van der Waals surface area contributed by atoms with Crippen LogP contribution in [0, 0.1) is 25.2 Å². The van der Waals surface area contributed by atoms with Gasteiger partial charge in [0.2, 0.25) is 17.7 Å². The first kappa shape index (κ1) is 30.7. The predicted octanol–water partition coefficient (Wildman–Crippen LogP) is 2.46. The molecule has 3 atom stereocenters. The van der Waals surface area contributed by atoms with Crippen molar-refractivity contribution in [2.24, 2.45) is 11.3 Å². The number of likely N-dealkylation sites (tertiary alicyclic amines) is 1. The van der Waals surface area contributed by atoms with E-state index in [4.69, 9.17) is 4.74 Å². The van der Waals surface area contributed by atoms with E-state index in [9.17, 15) is 19.2 Å². The van der Waals surface area contributed by atoms with Gasteiger partial charge in [0.05, 0.1) is 5.41 Å². The summed E-state index contributed by atoms with van der Waals surface area (Å²) in [5.41, 5.74) is 1.48. The lowest BCUT2D eigenvalue weighted by Crippen LogP contribution is -2.58. The molecular formula is C33H43N5O5. The third-order valence-corrected chi connectivity index (χ3v) is 9.26. The van der Waals surface area contributed by atoms with E-state index in [-0.39, 0.29) is 48.3 Å². The lowest BCUT2D eigenvalue weighted by Gasteiger charge is -2.40. The number of aryl methyl sites for hydroxylation is 2. The first-order valence-electron chi connectivity index (χ1n) is 15.4. The molecular weight excluding hydrogens is 546 g/mol. The van der Waals surface area contributed by atoms with Crippen LogP contribution in [0.15, 0.2) is 53.3 Å². The van der Waals surface area contributed by atoms with Gasteiger partial charge in [0.25, 0.3) is 0 Å². The van der Waals surface area contributed by atoms with Gasteiger partial charge < -0.3 is 20.3 Å². The minimum atomic E-state index is -0.706. The van der Waals surface area contributed by atoms with E-state index in [1.54, 1.807) is 11.5 Å². The number of carbonyl (C=O) groups excluding carboxylic acids is 3. The van der Waals surface area contributed by atoms with Gasteiger partial charge in [0.1, 0.15) is 6.04 Å². The second kappa shape index (κ2) is 13.7. The summed E-state index contributed by atoms with van der Waals surface area (Å²) in [6, 6.07) is 10.8. The predicted molar refractivity (Wildman–Crippen MR) is 162 cm³/mol. The molecule has 0 radical (unpaired) electrons. The first-order valence-corrected chi connectivity index (χ1v) is 15.4. The van der Waals surface area contributed by atoms with Crippen molar-refractivity contribution in [2.45, 2.75) is 77.4 Å². The Morgan fingerprint density at radius 3 is 2.58 bits per heavy atom. The minimum absolute atomic E-state index is 0.0119. The van der Waals surface area contributed by atoms with Gasteiger partial charge in [-0.25, -0.2) is 4.79 Å². The summed E-state index contributed by atoms with van der Waals surface area (Å²) < 4.78 is 7.14. The molecule has 3 aliphatic rings. The normalized spacial score (nSPS) is 25.1. The SMILES string of the molecule is Cc1cc(C)n(CCC(=O)N2CC[C@@H]3NC(=O)[C@@H](Cc4ccccc4)NC(=O)C4(C/C=C/C[C@@H]3C2)CCOCC4)c(=O)n1. The first-order chi connectivity index (χ1) is 20.7. The Hall–Kier alpha value is -3.79. The Morgan fingerprint density at radius 2 is 1.84 bits per heavy atom.